The summed E-state index contributed by atoms with van der Waals surface area (Å²) in [5.74, 6) is -0.233. The number of amides is 1. The maximum atomic E-state index is 13.9. The summed E-state index contributed by atoms with van der Waals surface area (Å²) in [5.41, 5.74) is 4.48. The monoisotopic (exact) mass is 562 g/mol. The number of anilines is 1. The molecule has 4 aromatic rings. The quantitative estimate of drug-likeness (QED) is 0.245. The Morgan fingerprint density at radius 2 is 1.67 bits per heavy atom. The van der Waals surface area contributed by atoms with Gasteiger partial charge in [0.2, 0.25) is 10.0 Å². The Morgan fingerprint density at radius 1 is 0.974 bits per heavy atom. The van der Waals surface area contributed by atoms with Gasteiger partial charge in [0.1, 0.15) is 0 Å². The maximum Gasteiger partial charge on any atom is 0.260 e. The Labute approximate surface area is 234 Å². The van der Waals surface area contributed by atoms with Crippen molar-refractivity contribution in [2.24, 2.45) is 0 Å². The van der Waals surface area contributed by atoms with Crippen molar-refractivity contribution in [3.05, 3.63) is 83.2 Å². The van der Waals surface area contributed by atoms with Gasteiger partial charge < -0.3 is 0 Å². The number of aryl methyl sites for hydroxylation is 2. The van der Waals surface area contributed by atoms with E-state index in [4.69, 9.17) is 4.98 Å². The van der Waals surface area contributed by atoms with Crippen molar-refractivity contribution in [3.63, 3.8) is 0 Å². The zero-order valence-electron chi connectivity index (χ0n) is 22.6. The van der Waals surface area contributed by atoms with Gasteiger partial charge in [0.25, 0.3) is 5.91 Å². The lowest BCUT2D eigenvalue weighted by atomic mass is 9.95. The molecule has 204 valence electrons. The Morgan fingerprint density at radius 3 is 2.33 bits per heavy atom. The molecule has 7 nitrogen and oxygen atoms in total. The molecule has 0 atom stereocenters. The molecule has 2 aromatic carbocycles. The number of pyridine rings is 1. The van der Waals surface area contributed by atoms with Gasteiger partial charge in [-0.1, -0.05) is 43.6 Å². The van der Waals surface area contributed by atoms with E-state index >= 15 is 0 Å². The van der Waals surface area contributed by atoms with Gasteiger partial charge in [0.15, 0.2) is 5.13 Å². The van der Waals surface area contributed by atoms with E-state index in [-0.39, 0.29) is 16.8 Å². The van der Waals surface area contributed by atoms with Crippen LogP contribution in [0.2, 0.25) is 0 Å². The summed E-state index contributed by atoms with van der Waals surface area (Å²) in [6.07, 6.45) is 8.48. The zero-order valence-corrected chi connectivity index (χ0v) is 24.3. The molecule has 0 bridgehead atoms. The molecular formula is C30H34N4O3S2. The average molecular weight is 563 g/mol. The molecule has 9 heteroatoms. The topological polar surface area (TPSA) is 83.5 Å². The molecule has 0 radical (unpaired) electrons. The molecule has 0 N–H and O–H groups in total. The first-order valence-corrected chi connectivity index (χ1v) is 15.7. The fourth-order valence-electron chi connectivity index (χ4n) is 5.28. The largest absolute Gasteiger partial charge is 0.279 e. The van der Waals surface area contributed by atoms with E-state index in [0.717, 1.165) is 59.0 Å². The Kier molecular flexibility index (Phi) is 8.11. The number of hydrogen-bond acceptors (Lipinski definition) is 6. The Balaban J connectivity index is 1.47. The second-order valence-electron chi connectivity index (χ2n) is 10.1. The highest BCUT2D eigenvalue weighted by Crippen LogP contribution is 2.34. The number of sulfonamides is 1. The Bertz CT molecular complexity index is 1560. The molecule has 1 saturated carbocycles. The third-order valence-electron chi connectivity index (χ3n) is 7.64. The third-order valence-corrected chi connectivity index (χ3v) is 10.7. The highest BCUT2D eigenvalue weighted by molar-refractivity contribution is 7.89. The van der Waals surface area contributed by atoms with Crippen LogP contribution in [0, 0.1) is 13.8 Å². The number of fused-ring (bicyclic) bond motifs is 1. The molecule has 1 amide bonds. The van der Waals surface area contributed by atoms with Crippen LogP contribution in [0.4, 0.5) is 5.13 Å². The lowest BCUT2D eigenvalue weighted by Crippen LogP contribution is -2.41. The molecule has 1 aliphatic rings. The molecule has 5 rings (SSSR count). The smallest absolute Gasteiger partial charge is 0.260 e. The average Bonchev–Trinajstić information content (AvgIpc) is 3.40. The van der Waals surface area contributed by atoms with Crippen LogP contribution in [0.5, 0.6) is 0 Å². The molecule has 2 heterocycles. The fourth-order valence-corrected chi connectivity index (χ4v) is 8.00. The molecule has 2 aromatic heterocycles. The molecule has 0 unspecified atom stereocenters. The number of aromatic nitrogens is 2. The summed E-state index contributed by atoms with van der Waals surface area (Å²) >= 11 is 1.48. The Hall–Kier alpha value is -3.14. The number of carbonyl (C=O) groups is 1. The van der Waals surface area contributed by atoms with E-state index in [0.29, 0.717) is 23.8 Å². The van der Waals surface area contributed by atoms with E-state index in [2.05, 4.69) is 18.0 Å². The molecular weight excluding hydrogens is 528 g/mol. The van der Waals surface area contributed by atoms with Crippen molar-refractivity contribution in [3.8, 4) is 0 Å². The molecule has 1 aliphatic carbocycles. The minimum absolute atomic E-state index is 0.0389. The lowest BCUT2D eigenvalue weighted by molar-refractivity contribution is 0.0985. The first-order chi connectivity index (χ1) is 18.8. The number of hydrogen-bond donors (Lipinski definition) is 0. The SMILES string of the molecule is CCN(C1CCCCC1)S(=O)(=O)c1ccc(C(=O)N(Cc2ccncc2)c2nc3c(C)c(C)ccc3s2)cc1. The minimum atomic E-state index is -3.65. The highest BCUT2D eigenvalue weighted by Gasteiger charge is 2.31. The van der Waals surface area contributed by atoms with Gasteiger partial charge in [-0.25, -0.2) is 13.4 Å². The van der Waals surface area contributed by atoms with Crippen molar-refractivity contribution in [1.82, 2.24) is 14.3 Å². The molecule has 0 saturated heterocycles. The predicted molar refractivity (Wildman–Crippen MR) is 157 cm³/mol. The van der Waals surface area contributed by atoms with Crippen LogP contribution >= 0.6 is 11.3 Å². The van der Waals surface area contributed by atoms with Crippen molar-refractivity contribution in [2.45, 2.75) is 70.4 Å². The lowest BCUT2D eigenvalue weighted by Gasteiger charge is -2.32. The van der Waals surface area contributed by atoms with Gasteiger partial charge in [-0.15, -0.1) is 0 Å². The van der Waals surface area contributed by atoms with Crippen LogP contribution in [0.1, 0.15) is 66.1 Å². The first-order valence-electron chi connectivity index (χ1n) is 13.5. The summed E-state index contributed by atoms with van der Waals surface area (Å²) in [7, 11) is -3.65. The third kappa shape index (κ3) is 5.62. The minimum Gasteiger partial charge on any atom is -0.279 e. The van der Waals surface area contributed by atoms with Crippen molar-refractivity contribution in [1.29, 1.82) is 0 Å². The van der Waals surface area contributed by atoms with Gasteiger partial charge >= 0.3 is 0 Å². The van der Waals surface area contributed by atoms with Gasteiger partial charge in [-0.2, -0.15) is 4.31 Å². The maximum absolute atomic E-state index is 13.9. The normalized spacial score (nSPS) is 14.7. The summed E-state index contributed by atoms with van der Waals surface area (Å²) in [6.45, 7) is 6.75. The molecule has 0 aliphatic heterocycles. The van der Waals surface area contributed by atoms with Crippen LogP contribution in [-0.4, -0.2) is 41.2 Å². The summed E-state index contributed by atoms with van der Waals surface area (Å²) in [5, 5.41) is 0.603. The molecule has 1 fully saturated rings. The van der Waals surface area contributed by atoms with Crippen LogP contribution < -0.4 is 4.90 Å². The van der Waals surface area contributed by atoms with E-state index in [1.54, 1.807) is 45.9 Å². The van der Waals surface area contributed by atoms with Crippen molar-refractivity contribution < 1.29 is 13.2 Å². The summed E-state index contributed by atoms with van der Waals surface area (Å²) in [6, 6.07) is 14.3. The van der Waals surface area contributed by atoms with E-state index in [1.165, 1.54) is 11.3 Å². The van der Waals surface area contributed by atoms with Gasteiger partial charge in [0, 0.05) is 30.5 Å². The van der Waals surface area contributed by atoms with Gasteiger partial charge in [-0.05, 0) is 85.8 Å². The van der Waals surface area contributed by atoms with E-state index in [9.17, 15) is 13.2 Å². The number of benzene rings is 2. The number of thiazole rings is 1. The molecule has 0 spiro atoms. The standard InChI is InChI=1S/C30H34N4O3S2/c1-4-34(25-8-6-5-7-9-25)39(36,37)26-13-11-24(12-14-26)29(35)33(20-23-16-18-31-19-17-23)30-32-28-22(3)21(2)10-15-27(28)38-30/h10-19,25H,4-9,20H2,1-3H3. The highest BCUT2D eigenvalue weighted by atomic mass is 32.2. The number of rotatable bonds is 8. The number of nitrogens with zero attached hydrogens (tertiary/aromatic N) is 4. The van der Waals surface area contributed by atoms with E-state index < -0.39 is 10.0 Å². The second kappa shape index (κ2) is 11.5. The van der Waals surface area contributed by atoms with Crippen LogP contribution in [0.15, 0.2) is 65.8 Å². The summed E-state index contributed by atoms with van der Waals surface area (Å²) < 4.78 is 29.7. The van der Waals surface area contributed by atoms with Gasteiger partial charge in [-0.3, -0.25) is 14.7 Å². The van der Waals surface area contributed by atoms with Crippen LogP contribution in [0.3, 0.4) is 0 Å². The first kappa shape index (κ1) is 27.4. The second-order valence-corrected chi connectivity index (χ2v) is 13.0. The fraction of sp³-hybridized carbons (Fsp3) is 0.367. The molecule has 39 heavy (non-hydrogen) atoms. The van der Waals surface area contributed by atoms with Crippen LogP contribution in [-0.2, 0) is 16.6 Å². The van der Waals surface area contributed by atoms with Crippen molar-refractivity contribution >= 4 is 42.6 Å². The van der Waals surface area contributed by atoms with Crippen LogP contribution in [0.25, 0.3) is 10.2 Å². The van der Waals surface area contributed by atoms with Gasteiger partial charge in [0.05, 0.1) is 21.7 Å². The van der Waals surface area contributed by atoms with E-state index in [1.807, 2.05) is 32.0 Å². The predicted octanol–water partition coefficient (Wildman–Crippen LogP) is 6.50. The number of carbonyl (C=O) groups excluding carboxylic acids is 1. The summed E-state index contributed by atoms with van der Waals surface area (Å²) in [4.78, 5) is 24.7. The zero-order chi connectivity index (χ0) is 27.6. The van der Waals surface area contributed by atoms with Crippen molar-refractivity contribution in [2.75, 3.05) is 11.4 Å².